The maximum atomic E-state index is 11.8. The van der Waals surface area contributed by atoms with Crippen LogP contribution in [0.3, 0.4) is 0 Å². The molecule has 0 unspecified atom stereocenters. The van der Waals surface area contributed by atoms with Gasteiger partial charge in [-0.2, -0.15) is 0 Å². The van der Waals surface area contributed by atoms with Crippen LogP contribution in [0.2, 0.25) is 0 Å². The number of rotatable bonds is 3. The Bertz CT molecular complexity index is 481. The fourth-order valence-electron chi connectivity index (χ4n) is 1.85. The quantitative estimate of drug-likeness (QED) is 0.516. The molecule has 0 aliphatic heterocycles. The fraction of sp³-hybridized carbons (Fsp3) is 0.429. The molecular formula is C14H19NO2S. The molecule has 0 aromatic heterocycles. The second kappa shape index (κ2) is 6.05. The smallest absolute Gasteiger partial charge is 0.338 e. The van der Waals surface area contributed by atoms with Crippen molar-refractivity contribution in [2.45, 2.75) is 26.7 Å². The SMILES string of the molecule is COC(=O)c1cc(C(=N)SC)c(C)cc1C(C)C. The van der Waals surface area contributed by atoms with Crippen molar-refractivity contribution in [2.75, 3.05) is 13.4 Å². The standard InChI is InChI=1S/C14H19NO2S/c1-8(2)10-6-9(3)11(13(15)18-5)7-12(10)14(16)17-4/h6-8,15H,1-5H3. The van der Waals surface area contributed by atoms with Crippen molar-refractivity contribution in [1.29, 1.82) is 5.41 Å². The first-order chi connectivity index (χ1) is 8.42. The summed E-state index contributed by atoms with van der Waals surface area (Å²) in [5.74, 6) is -0.0934. The lowest BCUT2D eigenvalue weighted by molar-refractivity contribution is 0.0599. The van der Waals surface area contributed by atoms with Crippen molar-refractivity contribution >= 4 is 22.8 Å². The molecular weight excluding hydrogens is 246 g/mol. The summed E-state index contributed by atoms with van der Waals surface area (Å²) in [6.07, 6.45) is 1.86. The highest BCUT2D eigenvalue weighted by Crippen LogP contribution is 2.26. The minimum Gasteiger partial charge on any atom is -0.465 e. The molecule has 0 amide bonds. The molecule has 1 rings (SSSR count). The van der Waals surface area contributed by atoms with Gasteiger partial charge in [0, 0.05) is 5.56 Å². The number of hydrogen-bond acceptors (Lipinski definition) is 4. The van der Waals surface area contributed by atoms with Gasteiger partial charge < -0.3 is 4.74 Å². The summed E-state index contributed by atoms with van der Waals surface area (Å²) < 4.78 is 4.82. The number of carbonyl (C=O) groups is 1. The van der Waals surface area contributed by atoms with Crippen molar-refractivity contribution < 1.29 is 9.53 Å². The molecule has 18 heavy (non-hydrogen) atoms. The van der Waals surface area contributed by atoms with E-state index >= 15 is 0 Å². The van der Waals surface area contributed by atoms with Crippen molar-refractivity contribution in [3.8, 4) is 0 Å². The predicted molar refractivity (Wildman–Crippen MR) is 77.0 cm³/mol. The van der Waals surface area contributed by atoms with Gasteiger partial charge in [-0.05, 0) is 36.3 Å². The van der Waals surface area contributed by atoms with Gasteiger partial charge >= 0.3 is 5.97 Å². The molecule has 0 aliphatic carbocycles. The Hall–Kier alpha value is -1.29. The molecule has 0 heterocycles. The minimum atomic E-state index is -0.339. The number of aryl methyl sites for hydroxylation is 1. The molecule has 0 bridgehead atoms. The number of benzene rings is 1. The second-order valence-electron chi connectivity index (χ2n) is 4.43. The van der Waals surface area contributed by atoms with Crippen LogP contribution in [0.25, 0.3) is 0 Å². The summed E-state index contributed by atoms with van der Waals surface area (Å²) in [5, 5.41) is 8.37. The predicted octanol–water partition coefficient (Wildman–Crippen LogP) is 3.59. The van der Waals surface area contributed by atoms with Gasteiger partial charge in [0.05, 0.1) is 17.7 Å². The summed E-state index contributed by atoms with van der Waals surface area (Å²) >= 11 is 1.37. The zero-order valence-corrected chi connectivity index (χ0v) is 12.3. The van der Waals surface area contributed by atoms with Crippen molar-refractivity contribution in [2.24, 2.45) is 0 Å². The number of carbonyl (C=O) groups excluding carboxylic acids is 1. The Labute approximate surface area is 112 Å². The van der Waals surface area contributed by atoms with E-state index in [1.807, 2.05) is 33.1 Å². The van der Waals surface area contributed by atoms with E-state index in [-0.39, 0.29) is 11.9 Å². The molecule has 0 aliphatic rings. The van der Waals surface area contributed by atoms with Gasteiger partial charge in [-0.25, -0.2) is 4.79 Å². The van der Waals surface area contributed by atoms with Gasteiger partial charge in [0.15, 0.2) is 0 Å². The average Bonchev–Trinajstić information content (AvgIpc) is 2.36. The monoisotopic (exact) mass is 265 g/mol. The van der Waals surface area contributed by atoms with Crippen LogP contribution in [0.5, 0.6) is 0 Å². The summed E-state index contributed by atoms with van der Waals surface area (Å²) in [4.78, 5) is 11.8. The van der Waals surface area contributed by atoms with Crippen LogP contribution in [-0.4, -0.2) is 24.4 Å². The third-order valence-corrected chi connectivity index (χ3v) is 3.50. The first-order valence-corrected chi connectivity index (χ1v) is 7.00. The van der Waals surface area contributed by atoms with Crippen molar-refractivity contribution in [3.05, 3.63) is 34.4 Å². The van der Waals surface area contributed by atoms with Crippen LogP contribution in [-0.2, 0) is 4.74 Å². The normalized spacial score (nSPS) is 10.6. The minimum absolute atomic E-state index is 0.246. The van der Waals surface area contributed by atoms with Crippen LogP contribution in [0.15, 0.2) is 12.1 Å². The van der Waals surface area contributed by atoms with E-state index < -0.39 is 0 Å². The summed E-state index contributed by atoms with van der Waals surface area (Å²) in [6, 6.07) is 3.76. The lowest BCUT2D eigenvalue weighted by Crippen LogP contribution is -2.10. The number of ether oxygens (including phenoxy) is 1. The topological polar surface area (TPSA) is 50.2 Å². The van der Waals surface area contributed by atoms with Crippen LogP contribution in [0.1, 0.15) is 46.8 Å². The number of methoxy groups -OCH3 is 1. The Morgan fingerprint density at radius 1 is 1.33 bits per heavy atom. The number of thioether (sulfide) groups is 1. The van der Waals surface area contributed by atoms with E-state index in [2.05, 4.69) is 0 Å². The lowest BCUT2D eigenvalue weighted by atomic mass is 9.92. The van der Waals surface area contributed by atoms with Crippen LogP contribution < -0.4 is 0 Å². The molecule has 1 aromatic rings. The third kappa shape index (κ3) is 2.93. The largest absolute Gasteiger partial charge is 0.465 e. The maximum Gasteiger partial charge on any atom is 0.338 e. The molecule has 1 aromatic carbocycles. The average molecular weight is 265 g/mol. The summed E-state index contributed by atoms with van der Waals surface area (Å²) in [7, 11) is 1.38. The molecule has 0 saturated carbocycles. The summed E-state index contributed by atoms with van der Waals surface area (Å²) in [6.45, 7) is 6.05. The van der Waals surface area contributed by atoms with Gasteiger partial charge in [0.1, 0.15) is 0 Å². The van der Waals surface area contributed by atoms with Gasteiger partial charge in [-0.3, -0.25) is 5.41 Å². The number of nitrogens with one attached hydrogen (secondary N) is 1. The molecule has 0 radical (unpaired) electrons. The first-order valence-electron chi connectivity index (χ1n) is 5.78. The summed E-state index contributed by atoms with van der Waals surface area (Å²) in [5.41, 5.74) is 3.35. The fourth-order valence-corrected chi connectivity index (χ4v) is 2.29. The Morgan fingerprint density at radius 2 is 1.94 bits per heavy atom. The first kappa shape index (κ1) is 14.8. The van der Waals surface area contributed by atoms with E-state index in [0.717, 1.165) is 16.7 Å². The molecule has 4 heteroatoms. The lowest BCUT2D eigenvalue weighted by Gasteiger charge is -2.15. The molecule has 98 valence electrons. The van der Waals surface area contributed by atoms with Crippen molar-refractivity contribution in [3.63, 3.8) is 0 Å². The maximum absolute atomic E-state index is 11.8. The van der Waals surface area contributed by atoms with E-state index in [0.29, 0.717) is 10.6 Å². The van der Waals surface area contributed by atoms with E-state index in [1.54, 1.807) is 6.07 Å². The van der Waals surface area contributed by atoms with E-state index in [4.69, 9.17) is 10.1 Å². The highest BCUT2D eigenvalue weighted by Gasteiger charge is 2.18. The molecule has 0 saturated heterocycles. The Balaban J connectivity index is 3.45. The van der Waals surface area contributed by atoms with Gasteiger partial charge in [0.25, 0.3) is 0 Å². The Kier molecular flexibility index (Phi) is 4.96. The van der Waals surface area contributed by atoms with E-state index in [9.17, 15) is 4.79 Å². The highest BCUT2D eigenvalue weighted by atomic mass is 32.2. The van der Waals surface area contributed by atoms with Crippen LogP contribution >= 0.6 is 11.8 Å². The van der Waals surface area contributed by atoms with Gasteiger partial charge in [-0.1, -0.05) is 19.9 Å². The molecule has 0 atom stereocenters. The zero-order chi connectivity index (χ0) is 13.9. The molecule has 0 spiro atoms. The van der Waals surface area contributed by atoms with E-state index in [1.165, 1.54) is 18.9 Å². The molecule has 1 N–H and O–H groups in total. The number of hydrogen-bond donors (Lipinski definition) is 1. The molecule has 0 fully saturated rings. The zero-order valence-electron chi connectivity index (χ0n) is 11.5. The third-order valence-electron chi connectivity index (χ3n) is 2.87. The second-order valence-corrected chi connectivity index (χ2v) is 5.25. The van der Waals surface area contributed by atoms with Crippen LogP contribution in [0, 0.1) is 12.3 Å². The van der Waals surface area contributed by atoms with Gasteiger partial charge in [-0.15, -0.1) is 11.8 Å². The van der Waals surface area contributed by atoms with Gasteiger partial charge in [0.2, 0.25) is 0 Å². The molecule has 3 nitrogen and oxygen atoms in total. The highest BCUT2D eigenvalue weighted by molar-refractivity contribution is 8.13. The number of esters is 1. The van der Waals surface area contributed by atoms with Crippen LogP contribution in [0.4, 0.5) is 0 Å². The Morgan fingerprint density at radius 3 is 2.39 bits per heavy atom. The van der Waals surface area contributed by atoms with Crippen molar-refractivity contribution in [1.82, 2.24) is 0 Å².